The highest BCUT2D eigenvalue weighted by Crippen LogP contribution is 2.18. The van der Waals surface area contributed by atoms with Crippen LogP contribution >= 0.6 is 0 Å². The van der Waals surface area contributed by atoms with Crippen molar-refractivity contribution in [3.05, 3.63) is 47.5 Å². The maximum atomic E-state index is 12.8. The molecule has 17 heavy (non-hydrogen) atoms. The molecule has 1 heterocycles. The van der Waals surface area contributed by atoms with Gasteiger partial charge in [-0.3, -0.25) is 0 Å². The molecule has 0 saturated heterocycles. The van der Waals surface area contributed by atoms with Gasteiger partial charge in [0.1, 0.15) is 5.82 Å². The fourth-order valence-electron chi connectivity index (χ4n) is 1.65. The summed E-state index contributed by atoms with van der Waals surface area (Å²) in [6, 6.07) is 5.98. The molecule has 3 N–H and O–H groups in total. The third-order valence-corrected chi connectivity index (χ3v) is 2.61. The Labute approximate surface area is 98.5 Å². The topological polar surface area (TPSA) is 64.1 Å². The molecule has 0 amide bonds. The SMILES string of the molecule is Cc1nn(-c2ccc(F)cc2)cc1C(O)CN. The summed E-state index contributed by atoms with van der Waals surface area (Å²) in [5, 5.41) is 13.9. The summed E-state index contributed by atoms with van der Waals surface area (Å²) in [4.78, 5) is 0. The van der Waals surface area contributed by atoms with E-state index in [1.807, 2.05) is 0 Å². The molecular weight excluding hydrogens is 221 g/mol. The molecule has 1 unspecified atom stereocenters. The van der Waals surface area contributed by atoms with E-state index in [-0.39, 0.29) is 12.4 Å². The van der Waals surface area contributed by atoms with Gasteiger partial charge in [0.2, 0.25) is 0 Å². The van der Waals surface area contributed by atoms with Crippen LogP contribution in [0.1, 0.15) is 17.4 Å². The Morgan fingerprint density at radius 2 is 2.06 bits per heavy atom. The molecule has 0 aliphatic rings. The van der Waals surface area contributed by atoms with Gasteiger partial charge < -0.3 is 10.8 Å². The van der Waals surface area contributed by atoms with E-state index in [1.54, 1.807) is 29.9 Å². The average Bonchev–Trinajstić information content (AvgIpc) is 2.71. The molecule has 0 saturated carbocycles. The normalized spacial score (nSPS) is 12.7. The maximum absolute atomic E-state index is 12.8. The second-order valence-electron chi connectivity index (χ2n) is 3.84. The zero-order valence-corrected chi connectivity index (χ0v) is 9.47. The first kappa shape index (κ1) is 11.8. The molecule has 0 spiro atoms. The van der Waals surface area contributed by atoms with Crippen molar-refractivity contribution in [1.29, 1.82) is 0 Å². The summed E-state index contributed by atoms with van der Waals surface area (Å²) >= 11 is 0. The zero-order chi connectivity index (χ0) is 12.4. The van der Waals surface area contributed by atoms with Gasteiger partial charge in [0.25, 0.3) is 0 Å². The van der Waals surface area contributed by atoms with Crippen LogP contribution in [0.2, 0.25) is 0 Å². The molecule has 1 aromatic carbocycles. The van der Waals surface area contributed by atoms with Crippen molar-refractivity contribution in [1.82, 2.24) is 9.78 Å². The van der Waals surface area contributed by atoms with Gasteiger partial charge in [-0.25, -0.2) is 9.07 Å². The minimum Gasteiger partial charge on any atom is -0.387 e. The standard InChI is InChI=1S/C12H14FN3O/c1-8-11(12(17)6-14)7-16(15-8)10-4-2-9(13)3-5-10/h2-5,7,12,17H,6,14H2,1H3. The Balaban J connectivity index is 2.37. The van der Waals surface area contributed by atoms with Gasteiger partial charge in [0, 0.05) is 18.3 Å². The number of aliphatic hydroxyl groups is 1. The van der Waals surface area contributed by atoms with E-state index >= 15 is 0 Å². The van der Waals surface area contributed by atoms with E-state index in [1.165, 1.54) is 12.1 Å². The van der Waals surface area contributed by atoms with Crippen LogP contribution in [0.4, 0.5) is 4.39 Å². The first-order valence-corrected chi connectivity index (χ1v) is 5.32. The lowest BCUT2D eigenvalue weighted by molar-refractivity contribution is 0.186. The number of nitrogens with zero attached hydrogens (tertiary/aromatic N) is 2. The number of nitrogens with two attached hydrogens (primary N) is 1. The number of hydrogen-bond acceptors (Lipinski definition) is 3. The van der Waals surface area contributed by atoms with Crippen LogP contribution in [0, 0.1) is 12.7 Å². The molecule has 4 nitrogen and oxygen atoms in total. The van der Waals surface area contributed by atoms with E-state index < -0.39 is 6.10 Å². The van der Waals surface area contributed by atoms with Gasteiger partial charge in [-0.1, -0.05) is 0 Å². The molecule has 1 aromatic heterocycles. The molecule has 2 rings (SSSR count). The van der Waals surface area contributed by atoms with Gasteiger partial charge in [0.15, 0.2) is 0 Å². The van der Waals surface area contributed by atoms with Gasteiger partial charge >= 0.3 is 0 Å². The minimum absolute atomic E-state index is 0.149. The molecular formula is C12H14FN3O. The lowest BCUT2D eigenvalue weighted by atomic mass is 10.1. The molecule has 0 bridgehead atoms. The highest BCUT2D eigenvalue weighted by atomic mass is 19.1. The third-order valence-electron chi connectivity index (χ3n) is 2.61. The Bertz CT molecular complexity index is 507. The van der Waals surface area contributed by atoms with Crippen LogP contribution in [-0.2, 0) is 0 Å². The van der Waals surface area contributed by atoms with Crippen molar-refractivity contribution in [2.75, 3.05) is 6.54 Å². The van der Waals surface area contributed by atoms with Gasteiger partial charge in [0.05, 0.1) is 17.5 Å². The molecule has 0 fully saturated rings. The Kier molecular flexibility index (Phi) is 3.21. The molecule has 1 atom stereocenters. The monoisotopic (exact) mass is 235 g/mol. The number of rotatable bonds is 3. The Morgan fingerprint density at radius 1 is 1.41 bits per heavy atom. The highest BCUT2D eigenvalue weighted by Gasteiger charge is 2.13. The summed E-state index contributed by atoms with van der Waals surface area (Å²) in [5.74, 6) is -0.292. The Morgan fingerprint density at radius 3 is 2.65 bits per heavy atom. The van der Waals surface area contributed by atoms with E-state index in [0.29, 0.717) is 11.3 Å². The van der Waals surface area contributed by atoms with Crippen LogP contribution < -0.4 is 5.73 Å². The number of halogens is 1. The van der Waals surface area contributed by atoms with Crippen LogP contribution in [0.25, 0.3) is 5.69 Å². The molecule has 0 aliphatic carbocycles. The third kappa shape index (κ3) is 2.35. The molecule has 2 aromatic rings. The van der Waals surface area contributed by atoms with E-state index in [9.17, 15) is 9.50 Å². The first-order chi connectivity index (χ1) is 8.11. The smallest absolute Gasteiger partial charge is 0.123 e. The fourth-order valence-corrected chi connectivity index (χ4v) is 1.65. The largest absolute Gasteiger partial charge is 0.387 e. The first-order valence-electron chi connectivity index (χ1n) is 5.32. The average molecular weight is 235 g/mol. The number of aromatic nitrogens is 2. The summed E-state index contributed by atoms with van der Waals surface area (Å²) in [6.45, 7) is 1.95. The zero-order valence-electron chi connectivity index (χ0n) is 9.47. The minimum atomic E-state index is -0.718. The van der Waals surface area contributed by atoms with Crippen LogP contribution in [-0.4, -0.2) is 21.4 Å². The quantitative estimate of drug-likeness (QED) is 0.843. The predicted octanol–water partition coefficient (Wildman–Crippen LogP) is 1.31. The van der Waals surface area contributed by atoms with Crippen molar-refractivity contribution < 1.29 is 9.50 Å². The van der Waals surface area contributed by atoms with Crippen molar-refractivity contribution in [3.63, 3.8) is 0 Å². The van der Waals surface area contributed by atoms with Gasteiger partial charge in [-0.2, -0.15) is 5.10 Å². The number of benzene rings is 1. The summed E-state index contributed by atoms with van der Waals surface area (Å²) in [7, 11) is 0. The molecule has 0 radical (unpaired) electrons. The van der Waals surface area contributed by atoms with E-state index in [0.717, 1.165) is 5.69 Å². The van der Waals surface area contributed by atoms with E-state index in [4.69, 9.17) is 5.73 Å². The lowest BCUT2D eigenvalue weighted by Crippen LogP contribution is -2.11. The fraction of sp³-hybridized carbons (Fsp3) is 0.250. The number of aliphatic hydroxyl groups excluding tert-OH is 1. The summed E-state index contributed by atoms with van der Waals surface area (Å²) < 4.78 is 14.4. The van der Waals surface area contributed by atoms with Crippen molar-refractivity contribution in [2.45, 2.75) is 13.0 Å². The van der Waals surface area contributed by atoms with Crippen molar-refractivity contribution in [2.24, 2.45) is 5.73 Å². The van der Waals surface area contributed by atoms with Gasteiger partial charge in [-0.05, 0) is 31.2 Å². The number of aryl methyl sites for hydroxylation is 1. The second-order valence-corrected chi connectivity index (χ2v) is 3.84. The molecule has 0 aliphatic heterocycles. The summed E-state index contributed by atoms with van der Waals surface area (Å²) in [6.07, 6.45) is 0.990. The van der Waals surface area contributed by atoms with Crippen molar-refractivity contribution in [3.8, 4) is 5.69 Å². The van der Waals surface area contributed by atoms with Crippen LogP contribution in [0.5, 0.6) is 0 Å². The number of hydrogen-bond donors (Lipinski definition) is 2. The van der Waals surface area contributed by atoms with Crippen LogP contribution in [0.15, 0.2) is 30.5 Å². The van der Waals surface area contributed by atoms with Crippen LogP contribution in [0.3, 0.4) is 0 Å². The molecule has 5 heteroatoms. The van der Waals surface area contributed by atoms with Crippen molar-refractivity contribution >= 4 is 0 Å². The lowest BCUT2D eigenvalue weighted by Gasteiger charge is -2.04. The van der Waals surface area contributed by atoms with E-state index in [2.05, 4.69) is 5.10 Å². The highest BCUT2D eigenvalue weighted by molar-refractivity contribution is 5.33. The summed E-state index contributed by atoms with van der Waals surface area (Å²) in [5.41, 5.74) is 7.55. The second kappa shape index (κ2) is 4.65. The molecule has 90 valence electrons. The van der Waals surface area contributed by atoms with Gasteiger partial charge in [-0.15, -0.1) is 0 Å². The predicted molar refractivity (Wildman–Crippen MR) is 62.3 cm³/mol. The maximum Gasteiger partial charge on any atom is 0.123 e. The Hall–Kier alpha value is -1.72.